The van der Waals surface area contributed by atoms with Crippen molar-refractivity contribution in [3.63, 3.8) is 0 Å². The fraction of sp³-hybridized carbons (Fsp3) is 0.385. The molecule has 0 amide bonds. The first-order valence-electron chi connectivity index (χ1n) is 6.35. The minimum atomic E-state index is -6.38. The summed E-state index contributed by atoms with van der Waals surface area (Å²) in [7, 11) is 0. The van der Waals surface area contributed by atoms with Crippen molar-refractivity contribution in [2.45, 2.75) is 31.1 Å². The highest BCUT2D eigenvalue weighted by Gasteiger charge is 2.66. The van der Waals surface area contributed by atoms with Crippen molar-refractivity contribution in [2.75, 3.05) is 0 Å². The Morgan fingerprint density at radius 3 is 1.44 bits per heavy atom. The normalized spacial score (nSPS) is 13.3. The number of benzene rings is 1. The van der Waals surface area contributed by atoms with Gasteiger partial charge in [-0.25, -0.2) is 9.59 Å². The van der Waals surface area contributed by atoms with Gasteiger partial charge in [-0.2, -0.15) is 43.9 Å². The molecule has 0 N–H and O–H groups in total. The van der Waals surface area contributed by atoms with Crippen molar-refractivity contribution in [3.8, 4) is 11.5 Å². The van der Waals surface area contributed by atoms with Crippen LogP contribution in [0.3, 0.4) is 0 Å². The zero-order valence-electron chi connectivity index (χ0n) is 12.6. The molecule has 0 spiro atoms. The molecule has 0 fully saturated rings. The fourth-order valence-electron chi connectivity index (χ4n) is 1.34. The molecule has 0 radical (unpaired) electrons. The summed E-state index contributed by atoms with van der Waals surface area (Å²) in [6.07, 6.45) is -12.8. The lowest BCUT2D eigenvalue weighted by Gasteiger charge is -2.20. The van der Waals surface area contributed by atoms with Crippen LogP contribution in [0.1, 0.15) is 5.56 Å². The maximum Gasteiger partial charge on any atom is 0.465 e. The Hall–Kier alpha value is -2.54. The van der Waals surface area contributed by atoms with Gasteiger partial charge in [-0.05, 0) is 24.6 Å². The van der Waals surface area contributed by atoms with Gasteiger partial charge in [0.1, 0.15) is 0 Å². The van der Waals surface area contributed by atoms with E-state index in [2.05, 4.69) is 9.47 Å². The van der Waals surface area contributed by atoms with Crippen molar-refractivity contribution in [1.82, 2.24) is 0 Å². The van der Waals surface area contributed by atoms with Crippen molar-refractivity contribution in [3.05, 3.63) is 23.8 Å². The number of ether oxygens (including phenoxy) is 2. The number of carbonyl (C=O) groups is 2. The molecule has 0 aliphatic heterocycles. The molecule has 0 bridgehead atoms. The van der Waals surface area contributed by atoms with Crippen LogP contribution in [-0.4, -0.2) is 36.1 Å². The second-order valence-corrected chi connectivity index (χ2v) is 4.87. The van der Waals surface area contributed by atoms with E-state index in [9.17, 15) is 53.5 Å². The Kier molecular flexibility index (Phi) is 5.74. The topological polar surface area (TPSA) is 52.6 Å². The lowest BCUT2D eigenvalue weighted by Crippen LogP contribution is -2.47. The smallest absolute Gasteiger partial charge is 0.418 e. The summed E-state index contributed by atoms with van der Waals surface area (Å²) in [6, 6.07) is 1.85. The lowest BCUT2D eigenvalue weighted by atomic mass is 10.2. The van der Waals surface area contributed by atoms with Gasteiger partial charge < -0.3 is 9.47 Å². The van der Waals surface area contributed by atoms with Crippen LogP contribution in [0.4, 0.5) is 43.9 Å². The largest absolute Gasteiger partial charge is 0.465 e. The van der Waals surface area contributed by atoms with Crippen molar-refractivity contribution in [1.29, 1.82) is 0 Å². The molecule has 14 heteroatoms. The van der Waals surface area contributed by atoms with Crippen LogP contribution in [0.15, 0.2) is 18.2 Å². The van der Waals surface area contributed by atoms with E-state index in [1.807, 2.05) is 0 Å². The number of alkyl halides is 10. The molecule has 0 saturated carbocycles. The highest BCUT2D eigenvalue weighted by Crippen LogP contribution is 2.40. The van der Waals surface area contributed by atoms with Crippen molar-refractivity contribution < 1.29 is 63.0 Å². The number of hydrogen-bond acceptors (Lipinski definition) is 4. The van der Waals surface area contributed by atoms with Crippen LogP contribution in [-0.2, 0) is 9.59 Å². The van der Waals surface area contributed by atoms with E-state index in [1.165, 1.54) is 0 Å². The molecule has 152 valence electrons. The molecular weight excluding hydrogens is 410 g/mol. The summed E-state index contributed by atoms with van der Waals surface area (Å²) in [6.45, 7) is 1.16. The Morgan fingerprint density at radius 2 is 1.07 bits per heavy atom. The van der Waals surface area contributed by atoms with Crippen molar-refractivity contribution in [2.24, 2.45) is 0 Å². The zero-order chi connectivity index (χ0) is 21.4. The Balaban J connectivity index is 3.21. The molecule has 0 aliphatic rings. The third-order valence-corrected chi connectivity index (χ3v) is 2.73. The Labute approximate surface area is 142 Å². The monoisotopic (exact) mass is 416 g/mol. The van der Waals surface area contributed by atoms with Gasteiger partial charge in [0.2, 0.25) is 0 Å². The van der Waals surface area contributed by atoms with Crippen LogP contribution >= 0.6 is 0 Å². The number of rotatable bonds is 4. The highest BCUT2D eigenvalue weighted by molar-refractivity contribution is 5.83. The average molecular weight is 416 g/mol. The van der Waals surface area contributed by atoms with E-state index < -0.39 is 47.6 Å². The molecular formula is C13H6F10O4. The molecule has 0 aliphatic carbocycles. The molecule has 0 heterocycles. The minimum Gasteiger partial charge on any atom is -0.418 e. The molecule has 1 aromatic rings. The van der Waals surface area contributed by atoms with Gasteiger partial charge >= 0.3 is 36.1 Å². The number of halogens is 10. The van der Waals surface area contributed by atoms with E-state index >= 15 is 0 Å². The quantitative estimate of drug-likeness (QED) is 0.420. The first-order chi connectivity index (χ1) is 11.9. The summed E-state index contributed by atoms with van der Waals surface area (Å²) in [5, 5.41) is 0. The second kappa shape index (κ2) is 6.88. The predicted molar refractivity (Wildman–Crippen MR) is 64.5 cm³/mol. The molecule has 0 aromatic heterocycles. The molecule has 4 nitrogen and oxygen atoms in total. The number of hydrogen-bond donors (Lipinski definition) is 0. The molecule has 0 atom stereocenters. The number of esters is 2. The maximum absolute atomic E-state index is 12.9. The standard InChI is InChI=1S/C13H6F10O4/c1-5-2-3-6(26-8(24)10(14,15)12(18,19)20)7(4-5)27-9(25)11(16,17)13(21,22)23/h2-4H,1H3. The predicted octanol–water partition coefficient (Wildman–Crippen LogP) is 4.20. The van der Waals surface area contributed by atoms with Crippen molar-refractivity contribution >= 4 is 11.9 Å². The number of aryl methyl sites for hydroxylation is 1. The third-order valence-electron chi connectivity index (χ3n) is 2.73. The first-order valence-corrected chi connectivity index (χ1v) is 6.35. The van der Waals surface area contributed by atoms with Gasteiger partial charge in [-0.3, -0.25) is 0 Å². The lowest BCUT2D eigenvalue weighted by molar-refractivity contribution is -0.277. The van der Waals surface area contributed by atoms with Crippen LogP contribution in [0.5, 0.6) is 11.5 Å². The van der Waals surface area contributed by atoms with E-state index in [-0.39, 0.29) is 5.56 Å². The van der Waals surface area contributed by atoms with Gasteiger partial charge in [0.15, 0.2) is 11.5 Å². The van der Waals surface area contributed by atoms with Gasteiger partial charge in [-0.15, -0.1) is 0 Å². The first kappa shape index (κ1) is 22.5. The summed E-state index contributed by atoms with van der Waals surface area (Å²) < 4.78 is 131. The summed E-state index contributed by atoms with van der Waals surface area (Å²) in [5.74, 6) is -21.3. The SMILES string of the molecule is Cc1ccc(OC(=O)C(F)(F)C(F)(F)F)c(OC(=O)C(F)(F)C(F)(F)F)c1. The van der Waals surface area contributed by atoms with Gasteiger partial charge in [-0.1, -0.05) is 6.07 Å². The second-order valence-electron chi connectivity index (χ2n) is 4.87. The van der Waals surface area contributed by atoms with Crippen LogP contribution in [0, 0.1) is 6.92 Å². The van der Waals surface area contributed by atoms with Crippen LogP contribution < -0.4 is 9.47 Å². The number of carbonyl (C=O) groups excluding carboxylic acids is 2. The van der Waals surface area contributed by atoms with Gasteiger partial charge in [0.25, 0.3) is 0 Å². The summed E-state index contributed by atoms with van der Waals surface area (Å²) >= 11 is 0. The van der Waals surface area contributed by atoms with Crippen LogP contribution in [0.25, 0.3) is 0 Å². The van der Waals surface area contributed by atoms with E-state index in [0.29, 0.717) is 12.1 Å². The molecule has 0 saturated heterocycles. The summed E-state index contributed by atoms with van der Waals surface area (Å²) in [5.41, 5.74) is -0.0181. The Morgan fingerprint density at radius 1 is 0.704 bits per heavy atom. The van der Waals surface area contributed by atoms with E-state index in [0.717, 1.165) is 13.0 Å². The van der Waals surface area contributed by atoms with Crippen LogP contribution in [0.2, 0.25) is 0 Å². The Bertz CT molecular complexity index is 736. The summed E-state index contributed by atoms with van der Waals surface area (Å²) in [4.78, 5) is 22.0. The van der Waals surface area contributed by atoms with E-state index in [1.54, 1.807) is 0 Å². The van der Waals surface area contributed by atoms with Gasteiger partial charge in [0, 0.05) is 0 Å². The highest BCUT2D eigenvalue weighted by atomic mass is 19.4. The molecule has 1 rings (SSSR count). The maximum atomic E-state index is 12.9. The minimum absolute atomic E-state index is 0.0181. The molecule has 0 unspecified atom stereocenters. The average Bonchev–Trinajstić information content (AvgIpc) is 2.47. The third kappa shape index (κ3) is 4.60. The fourth-order valence-corrected chi connectivity index (χ4v) is 1.34. The molecule has 1 aromatic carbocycles. The van der Waals surface area contributed by atoms with E-state index in [4.69, 9.17) is 0 Å². The zero-order valence-corrected chi connectivity index (χ0v) is 12.6. The molecule has 27 heavy (non-hydrogen) atoms. The van der Waals surface area contributed by atoms with Gasteiger partial charge in [0.05, 0.1) is 0 Å².